The number of alkyl carbamates (subject to hydrolysis) is 1. The number of ether oxygens (including phenoxy) is 2. The van der Waals surface area contributed by atoms with E-state index in [9.17, 15) is 9.18 Å². The molecule has 0 spiro atoms. The SMILES string of the molecule is COc1ccc(C(C)NC2CC(NC(=O)OC(C)(C)C)C2)c(F)c1. The highest BCUT2D eigenvalue weighted by molar-refractivity contribution is 5.68. The normalized spacial score (nSPS) is 21.6. The van der Waals surface area contributed by atoms with Gasteiger partial charge in [-0.2, -0.15) is 0 Å². The maximum atomic E-state index is 14.1. The highest BCUT2D eigenvalue weighted by atomic mass is 19.1. The van der Waals surface area contributed by atoms with Crippen molar-refractivity contribution in [2.75, 3.05) is 7.11 Å². The van der Waals surface area contributed by atoms with Crippen LogP contribution in [0.5, 0.6) is 5.75 Å². The van der Waals surface area contributed by atoms with Gasteiger partial charge in [0.15, 0.2) is 0 Å². The Balaban J connectivity index is 1.78. The zero-order valence-corrected chi connectivity index (χ0v) is 15.0. The van der Waals surface area contributed by atoms with Crippen LogP contribution < -0.4 is 15.4 Å². The zero-order chi connectivity index (χ0) is 17.9. The van der Waals surface area contributed by atoms with E-state index in [0.29, 0.717) is 11.3 Å². The molecule has 0 bridgehead atoms. The molecule has 5 nitrogen and oxygen atoms in total. The maximum Gasteiger partial charge on any atom is 0.407 e. The van der Waals surface area contributed by atoms with E-state index in [1.807, 2.05) is 27.7 Å². The van der Waals surface area contributed by atoms with Crippen molar-refractivity contribution in [3.8, 4) is 5.75 Å². The summed E-state index contributed by atoms with van der Waals surface area (Å²) in [5.41, 5.74) is 0.116. The average molecular weight is 338 g/mol. The highest BCUT2D eigenvalue weighted by Gasteiger charge is 2.32. The lowest BCUT2D eigenvalue weighted by molar-refractivity contribution is 0.0463. The molecule has 1 atom stereocenters. The van der Waals surface area contributed by atoms with Crippen molar-refractivity contribution in [1.29, 1.82) is 0 Å². The fourth-order valence-corrected chi connectivity index (χ4v) is 2.78. The van der Waals surface area contributed by atoms with Crippen LogP contribution in [0.4, 0.5) is 9.18 Å². The number of rotatable bonds is 5. The molecule has 1 aromatic carbocycles. The van der Waals surface area contributed by atoms with E-state index in [4.69, 9.17) is 9.47 Å². The molecule has 1 saturated carbocycles. The molecule has 134 valence electrons. The number of benzene rings is 1. The average Bonchev–Trinajstić information content (AvgIpc) is 2.42. The molecular weight excluding hydrogens is 311 g/mol. The molecule has 0 heterocycles. The van der Waals surface area contributed by atoms with Gasteiger partial charge in [0.2, 0.25) is 0 Å². The molecule has 2 rings (SSSR count). The van der Waals surface area contributed by atoms with Crippen LogP contribution in [0.3, 0.4) is 0 Å². The van der Waals surface area contributed by atoms with Crippen molar-refractivity contribution < 1.29 is 18.7 Å². The second-order valence-electron chi connectivity index (χ2n) is 7.29. The third kappa shape index (κ3) is 5.09. The number of halogens is 1. The highest BCUT2D eigenvalue weighted by Crippen LogP contribution is 2.26. The molecule has 0 radical (unpaired) electrons. The largest absolute Gasteiger partial charge is 0.497 e. The van der Waals surface area contributed by atoms with Crippen LogP contribution in [0.2, 0.25) is 0 Å². The van der Waals surface area contributed by atoms with Gasteiger partial charge in [0.1, 0.15) is 17.2 Å². The van der Waals surface area contributed by atoms with E-state index in [2.05, 4.69) is 10.6 Å². The Morgan fingerprint density at radius 3 is 2.50 bits per heavy atom. The smallest absolute Gasteiger partial charge is 0.407 e. The van der Waals surface area contributed by atoms with Gasteiger partial charge in [0, 0.05) is 29.8 Å². The van der Waals surface area contributed by atoms with Crippen LogP contribution in [0.25, 0.3) is 0 Å². The first-order chi connectivity index (χ1) is 11.2. The van der Waals surface area contributed by atoms with Crippen LogP contribution in [-0.2, 0) is 4.74 Å². The van der Waals surface area contributed by atoms with Gasteiger partial charge in [-0.3, -0.25) is 0 Å². The number of methoxy groups -OCH3 is 1. The minimum Gasteiger partial charge on any atom is -0.497 e. The molecule has 6 heteroatoms. The summed E-state index contributed by atoms with van der Waals surface area (Å²) in [4.78, 5) is 11.7. The first-order valence-electron chi connectivity index (χ1n) is 8.27. The number of carbonyl (C=O) groups is 1. The minimum atomic E-state index is -0.494. The van der Waals surface area contributed by atoms with Gasteiger partial charge in [0.25, 0.3) is 0 Å². The molecule has 1 fully saturated rings. The van der Waals surface area contributed by atoms with Crippen molar-refractivity contribution >= 4 is 6.09 Å². The van der Waals surface area contributed by atoms with Crippen LogP contribution in [0.15, 0.2) is 18.2 Å². The fraction of sp³-hybridized carbons (Fsp3) is 0.611. The van der Waals surface area contributed by atoms with Gasteiger partial charge < -0.3 is 20.1 Å². The van der Waals surface area contributed by atoms with Gasteiger partial charge in [-0.25, -0.2) is 9.18 Å². The predicted molar refractivity (Wildman–Crippen MR) is 90.7 cm³/mol. The predicted octanol–water partition coefficient (Wildman–Crippen LogP) is 3.54. The van der Waals surface area contributed by atoms with Gasteiger partial charge in [-0.15, -0.1) is 0 Å². The summed E-state index contributed by atoms with van der Waals surface area (Å²) in [7, 11) is 1.52. The number of amides is 1. The molecule has 2 N–H and O–H groups in total. The van der Waals surface area contributed by atoms with E-state index >= 15 is 0 Å². The van der Waals surface area contributed by atoms with Gasteiger partial charge in [-0.05, 0) is 46.6 Å². The van der Waals surface area contributed by atoms with E-state index in [1.165, 1.54) is 13.2 Å². The monoisotopic (exact) mass is 338 g/mol. The lowest BCUT2D eigenvalue weighted by Gasteiger charge is -2.38. The summed E-state index contributed by atoms with van der Waals surface area (Å²) in [6.45, 7) is 7.44. The topological polar surface area (TPSA) is 59.6 Å². The summed E-state index contributed by atoms with van der Waals surface area (Å²) in [5.74, 6) is 0.228. The number of nitrogens with one attached hydrogen (secondary N) is 2. The van der Waals surface area contributed by atoms with Crippen molar-refractivity contribution in [2.24, 2.45) is 0 Å². The lowest BCUT2D eigenvalue weighted by atomic mass is 9.86. The van der Waals surface area contributed by atoms with Crippen LogP contribution in [0, 0.1) is 5.82 Å². The Morgan fingerprint density at radius 1 is 1.29 bits per heavy atom. The first kappa shape index (κ1) is 18.5. The number of hydrogen-bond donors (Lipinski definition) is 2. The Labute approximate surface area is 142 Å². The van der Waals surface area contributed by atoms with Crippen LogP contribution in [0.1, 0.15) is 52.1 Å². The van der Waals surface area contributed by atoms with Crippen molar-refractivity contribution in [1.82, 2.24) is 10.6 Å². The van der Waals surface area contributed by atoms with Crippen LogP contribution in [-0.4, -0.2) is 30.9 Å². The van der Waals surface area contributed by atoms with E-state index in [0.717, 1.165) is 12.8 Å². The summed E-state index contributed by atoms with van der Waals surface area (Å²) >= 11 is 0. The molecule has 1 aromatic rings. The molecule has 0 saturated heterocycles. The van der Waals surface area contributed by atoms with E-state index in [1.54, 1.807) is 12.1 Å². The molecule has 0 aromatic heterocycles. The van der Waals surface area contributed by atoms with Crippen LogP contribution >= 0.6 is 0 Å². The number of carbonyl (C=O) groups excluding carboxylic acids is 1. The molecule has 1 unspecified atom stereocenters. The van der Waals surface area contributed by atoms with Crippen molar-refractivity contribution in [2.45, 2.75) is 64.3 Å². The summed E-state index contributed by atoms with van der Waals surface area (Å²) in [6, 6.07) is 5.13. The molecular formula is C18H27FN2O3. The second kappa shape index (κ2) is 7.38. The van der Waals surface area contributed by atoms with Gasteiger partial charge >= 0.3 is 6.09 Å². The Bertz CT molecular complexity index is 580. The molecule has 0 aliphatic heterocycles. The summed E-state index contributed by atoms with van der Waals surface area (Å²) < 4.78 is 24.3. The standard InChI is InChI=1S/C18H27FN2O3/c1-11(15-7-6-14(23-5)10-16(15)19)20-12-8-13(9-12)21-17(22)24-18(2,3)4/h6-7,10-13,20H,8-9H2,1-5H3,(H,21,22). The molecule has 24 heavy (non-hydrogen) atoms. The summed E-state index contributed by atoms with van der Waals surface area (Å²) in [6.07, 6.45) is 1.23. The van der Waals surface area contributed by atoms with Gasteiger partial charge in [0.05, 0.1) is 7.11 Å². The fourth-order valence-electron chi connectivity index (χ4n) is 2.78. The second-order valence-corrected chi connectivity index (χ2v) is 7.29. The number of hydrogen-bond acceptors (Lipinski definition) is 4. The van der Waals surface area contributed by atoms with E-state index < -0.39 is 5.60 Å². The summed E-state index contributed by atoms with van der Waals surface area (Å²) in [5, 5.41) is 6.24. The third-order valence-corrected chi connectivity index (χ3v) is 4.02. The Hall–Kier alpha value is -1.82. The van der Waals surface area contributed by atoms with E-state index in [-0.39, 0.29) is 30.0 Å². The molecule has 1 amide bonds. The Morgan fingerprint density at radius 2 is 1.96 bits per heavy atom. The minimum absolute atomic E-state index is 0.102. The van der Waals surface area contributed by atoms with Crippen molar-refractivity contribution in [3.63, 3.8) is 0 Å². The maximum absolute atomic E-state index is 14.1. The molecule has 1 aliphatic rings. The Kier molecular flexibility index (Phi) is 5.70. The first-order valence-corrected chi connectivity index (χ1v) is 8.27. The quantitative estimate of drug-likeness (QED) is 0.862. The lowest BCUT2D eigenvalue weighted by Crippen LogP contribution is -2.53. The third-order valence-electron chi connectivity index (χ3n) is 4.02. The zero-order valence-electron chi connectivity index (χ0n) is 15.0. The molecule has 1 aliphatic carbocycles. The van der Waals surface area contributed by atoms with Crippen molar-refractivity contribution in [3.05, 3.63) is 29.6 Å². The van der Waals surface area contributed by atoms with Gasteiger partial charge in [-0.1, -0.05) is 6.07 Å².